The fourth-order valence-corrected chi connectivity index (χ4v) is 4.03. The smallest absolute Gasteiger partial charge is 0.410 e. The highest BCUT2D eigenvalue weighted by atomic mass is 19.1. The summed E-state index contributed by atoms with van der Waals surface area (Å²) in [5, 5.41) is 3.79. The number of nitrogens with zero attached hydrogens (tertiary/aromatic N) is 3. The van der Waals surface area contributed by atoms with E-state index < -0.39 is 11.6 Å². The Bertz CT molecular complexity index is 879. The Morgan fingerprint density at radius 3 is 2.36 bits per heavy atom. The lowest BCUT2D eigenvalue weighted by Crippen LogP contribution is -2.59. The average molecular weight is 463 g/mol. The minimum absolute atomic E-state index is 0.0244. The molecule has 0 spiro atoms. The van der Waals surface area contributed by atoms with Crippen LogP contribution in [0, 0.1) is 11.7 Å². The number of nitrogens with two attached hydrogens (primary N) is 1. The molecule has 0 radical (unpaired) electrons. The van der Waals surface area contributed by atoms with E-state index in [4.69, 9.17) is 15.3 Å². The Morgan fingerprint density at radius 1 is 1.15 bits per heavy atom. The van der Waals surface area contributed by atoms with Gasteiger partial charge in [-0.3, -0.25) is 4.90 Å². The molecule has 182 valence electrons. The first kappa shape index (κ1) is 25.0. The largest absolute Gasteiger partial charge is 0.444 e. The van der Waals surface area contributed by atoms with Crippen LogP contribution in [0.1, 0.15) is 65.5 Å². The number of benzene rings is 1. The summed E-state index contributed by atoms with van der Waals surface area (Å²) in [5.41, 5.74) is 6.03. The number of amides is 1. The van der Waals surface area contributed by atoms with E-state index in [1.165, 1.54) is 12.1 Å². The van der Waals surface area contributed by atoms with E-state index in [0.717, 1.165) is 18.4 Å². The van der Waals surface area contributed by atoms with Crippen LogP contribution in [0.15, 0.2) is 29.4 Å². The van der Waals surface area contributed by atoms with Crippen LogP contribution < -0.4 is 5.73 Å². The summed E-state index contributed by atoms with van der Waals surface area (Å²) < 4.78 is 19.1. The number of hydrogen-bond acceptors (Lipinski definition) is 6. The number of oxime groups is 1. The zero-order valence-corrected chi connectivity index (χ0v) is 20.1. The van der Waals surface area contributed by atoms with Crippen LogP contribution in [0.4, 0.5) is 9.18 Å². The van der Waals surface area contributed by atoms with Gasteiger partial charge < -0.3 is 20.2 Å². The van der Waals surface area contributed by atoms with Gasteiger partial charge in [0.05, 0.1) is 6.42 Å². The Labute approximate surface area is 194 Å². The second-order valence-electron chi connectivity index (χ2n) is 10.1. The molecule has 1 aliphatic carbocycles. The van der Waals surface area contributed by atoms with Crippen LogP contribution >= 0.6 is 0 Å². The van der Waals surface area contributed by atoms with E-state index >= 15 is 0 Å². The molecule has 33 heavy (non-hydrogen) atoms. The average Bonchev–Trinajstić information content (AvgIpc) is 3.57. The van der Waals surface area contributed by atoms with Gasteiger partial charge in [-0.25, -0.2) is 14.0 Å². The lowest BCUT2D eigenvalue weighted by Gasteiger charge is -2.47. The lowest BCUT2D eigenvalue weighted by atomic mass is 9.97. The van der Waals surface area contributed by atoms with Crippen LogP contribution in [-0.2, 0) is 14.4 Å². The van der Waals surface area contributed by atoms with Gasteiger partial charge in [0.15, 0.2) is 0 Å². The summed E-state index contributed by atoms with van der Waals surface area (Å²) in [6, 6.07) is 5.52. The molecule has 1 aromatic rings. The molecule has 1 aromatic carbocycles. The van der Waals surface area contributed by atoms with Crippen molar-refractivity contribution in [3.63, 3.8) is 0 Å². The number of halogens is 1. The van der Waals surface area contributed by atoms with Gasteiger partial charge in [0.1, 0.15) is 17.3 Å². The molecule has 2 N–H and O–H groups in total. The van der Waals surface area contributed by atoms with E-state index in [0.29, 0.717) is 18.9 Å². The van der Waals surface area contributed by atoms with Crippen molar-refractivity contribution < 1.29 is 23.6 Å². The SMILES string of the molecule is C[C@@H]1CN(C(=O)OC(C)(C)C)[C@@H](C)CN1C(CC(=O)O/N=C(/N)C1CC1)c1ccc(F)cc1. The van der Waals surface area contributed by atoms with Gasteiger partial charge in [0, 0.05) is 37.1 Å². The monoisotopic (exact) mass is 462 g/mol. The number of carbonyl (C=O) groups is 2. The molecule has 2 fully saturated rings. The summed E-state index contributed by atoms with van der Waals surface area (Å²) in [4.78, 5) is 34.3. The van der Waals surface area contributed by atoms with Crippen molar-refractivity contribution in [3.05, 3.63) is 35.6 Å². The predicted octanol–water partition coefficient (Wildman–Crippen LogP) is 3.81. The number of ether oxygens (including phenoxy) is 1. The molecule has 0 bridgehead atoms. The van der Waals surface area contributed by atoms with Gasteiger partial charge in [-0.15, -0.1) is 0 Å². The van der Waals surface area contributed by atoms with E-state index in [9.17, 15) is 14.0 Å². The standard InChI is InChI=1S/C24H35FN4O4/c1-15-14-29(23(31)32-24(3,4)5)16(2)13-28(15)20(17-8-10-19(25)11-9-17)12-21(30)33-27-22(26)18-6-7-18/h8-11,15-16,18,20H,6-7,12-14H2,1-5H3,(H2,26,27)/t15-,16+,20?/m1/s1. The van der Waals surface area contributed by atoms with Gasteiger partial charge in [0.2, 0.25) is 0 Å². The van der Waals surface area contributed by atoms with Crippen molar-refractivity contribution in [1.82, 2.24) is 9.80 Å². The minimum atomic E-state index is -0.583. The van der Waals surface area contributed by atoms with Gasteiger partial charge in [-0.1, -0.05) is 17.3 Å². The second-order valence-corrected chi connectivity index (χ2v) is 10.1. The summed E-state index contributed by atoms with van der Waals surface area (Å²) in [5.74, 6) is -0.317. The fourth-order valence-electron chi connectivity index (χ4n) is 4.03. The first-order valence-corrected chi connectivity index (χ1v) is 11.5. The Balaban J connectivity index is 1.75. The molecule has 1 saturated carbocycles. The topological polar surface area (TPSA) is 97.5 Å². The number of rotatable bonds is 6. The maximum Gasteiger partial charge on any atom is 0.410 e. The highest BCUT2D eigenvalue weighted by Crippen LogP contribution is 2.32. The number of piperazine rings is 1. The third-order valence-electron chi connectivity index (χ3n) is 5.93. The number of carbonyl (C=O) groups excluding carboxylic acids is 2. The third-order valence-corrected chi connectivity index (χ3v) is 5.93. The van der Waals surface area contributed by atoms with E-state index in [2.05, 4.69) is 10.1 Å². The first-order chi connectivity index (χ1) is 15.4. The Kier molecular flexibility index (Phi) is 7.62. The molecule has 3 atom stereocenters. The molecule has 1 amide bonds. The Morgan fingerprint density at radius 2 is 1.79 bits per heavy atom. The van der Waals surface area contributed by atoms with Crippen molar-refractivity contribution >= 4 is 17.9 Å². The van der Waals surface area contributed by atoms with E-state index in [-0.39, 0.29) is 42.4 Å². The normalized spacial score (nSPS) is 23.2. The molecule has 0 aromatic heterocycles. The summed E-state index contributed by atoms with van der Waals surface area (Å²) in [7, 11) is 0. The lowest BCUT2D eigenvalue weighted by molar-refractivity contribution is -0.146. The second kappa shape index (κ2) is 10.1. The first-order valence-electron chi connectivity index (χ1n) is 11.5. The minimum Gasteiger partial charge on any atom is -0.444 e. The summed E-state index contributed by atoms with van der Waals surface area (Å²) in [6.07, 6.45) is 1.59. The van der Waals surface area contributed by atoms with Gasteiger partial charge in [-0.2, -0.15) is 0 Å². The van der Waals surface area contributed by atoms with Crippen molar-refractivity contribution in [1.29, 1.82) is 0 Å². The highest BCUT2D eigenvalue weighted by molar-refractivity contribution is 5.85. The van der Waals surface area contributed by atoms with Gasteiger partial charge >= 0.3 is 12.1 Å². The molecule has 1 saturated heterocycles. The molecule has 1 aliphatic heterocycles. The molecule has 1 heterocycles. The van der Waals surface area contributed by atoms with Crippen LogP contribution in [-0.4, -0.2) is 58.5 Å². The Hall–Kier alpha value is -2.68. The quantitative estimate of drug-likeness (QED) is 0.299. The van der Waals surface area contributed by atoms with Crippen molar-refractivity contribution in [2.45, 2.75) is 77.6 Å². The predicted molar refractivity (Wildman–Crippen MR) is 123 cm³/mol. The van der Waals surface area contributed by atoms with E-state index in [1.807, 2.05) is 34.6 Å². The zero-order chi connectivity index (χ0) is 24.3. The fraction of sp³-hybridized carbons (Fsp3) is 0.625. The van der Waals surface area contributed by atoms with Gasteiger partial charge in [0.25, 0.3) is 0 Å². The zero-order valence-electron chi connectivity index (χ0n) is 20.1. The number of hydrogen-bond donors (Lipinski definition) is 1. The summed E-state index contributed by atoms with van der Waals surface area (Å²) >= 11 is 0. The molecule has 8 nitrogen and oxygen atoms in total. The van der Waals surface area contributed by atoms with Crippen LogP contribution in [0.3, 0.4) is 0 Å². The molecule has 1 unspecified atom stereocenters. The van der Waals surface area contributed by atoms with Crippen molar-refractivity contribution in [3.8, 4) is 0 Å². The van der Waals surface area contributed by atoms with Crippen LogP contribution in [0.2, 0.25) is 0 Å². The highest BCUT2D eigenvalue weighted by Gasteiger charge is 2.38. The maximum atomic E-state index is 13.6. The summed E-state index contributed by atoms with van der Waals surface area (Å²) in [6.45, 7) is 10.4. The van der Waals surface area contributed by atoms with Gasteiger partial charge in [-0.05, 0) is 65.2 Å². The van der Waals surface area contributed by atoms with Crippen LogP contribution in [0.25, 0.3) is 0 Å². The molecule has 2 aliphatic rings. The van der Waals surface area contributed by atoms with Crippen molar-refractivity contribution in [2.24, 2.45) is 16.8 Å². The third kappa shape index (κ3) is 6.90. The molecular formula is C24H35FN4O4. The molecule has 9 heteroatoms. The maximum absolute atomic E-state index is 13.6. The van der Waals surface area contributed by atoms with Crippen molar-refractivity contribution in [2.75, 3.05) is 13.1 Å². The molecule has 3 rings (SSSR count). The molecular weight excluding hydrogens is 427 g/mol. The number of amidine groups is 1. The van der Waals surface area contributed by atoms with Crippen LogP contribution in [0.5, 0.6) is 0 Å². The van der Waals surface area contributed by atoms with E-state index in [1.54, 1.807) is 17.0 Å².